The molecule has 6 nitrogen and oxygen atoms in total. The molecule has 0 bridgehead atoms. The molecule has 0 aromatic carbocycles. The van der Waals surface area contributed by atoms with Gasteiger partial charge in [0.25, 0.3) is 0 Å². The van der Waals surface area contributed by atoms with Gasteiger partial charge in [0.15, 0.2) is 11.9 Å². The normalized spacial score (nSPS) is 12.9. The van der Waals surface area contributed by atoms with E-state index in [2.05, 4.69) is 4.74 Å². The Balaban J connectivity index is 5.00. The first-order chi connectivity index (χ1) is 8.42. The van der Waals surface area contributed by atoms with Gasteiger partial charge < -0.3 is 9.47 Å². The molecule has 0 saturated carbocycles. The van der Waals surface area contributed by atoms with Crippen molar-refractivity contribution in [2.45, 2.75) is 20.0 Å². The van der Waals surface area contributed by atoms with E-state index in [1.807, 2.05) is 0 Å². The largest absolute Gasteiger partial charge is 0.466 e. The lowest BCUT2D eigenvalue weighted by atomic mass is 10.1. The predicted octanol–water partition coefficient (Wildman–Crippen LogP) is 0.362. The average Bonchev–Trinajstić information content (AvgIpc) is 2.31. The third-order valence-corrected chi connectivity index (χ3v) is 1.81. The van der Waals surface area contributed by atoms with Crippen LogP contribution < -0.4 is 0 Å². The minimum absolute atomic E-state index is 0.0575. The molecule has 1 atom stereocenters. The molecule has 0 aliphatic heterocycles. The van der Waals surface area contributed by atoms with E-state index in [0.29, 0.717) is 6.29 Å². The quantitative estimate of drug-likeness (QED) is 0.294. The van der Waals surface area contributed by atoms with Gasteiger partial charge in [0.1, 0.15) is 6.29 Å². The molecule has 0 aliphatic rings. The van der Waals surface area contributed by atoms with Crippen molar-refractivity contribution in [3.05, 3.63) is 23.8 Å². The summed E-state index contributed by atoms with van der Waals surface area (Å²) in [5, 5.41) is 0. The molecule has 0 aliphatic carbocycles. The van der Waals surface area contributed by atoms with Crippen LogP contribution >= 0.6 is 0 Å². The van der Waals surface area contributed by atoms with Crippen LogP contribution in [0.3, 0.4) is 0 Å². The summed E-state index contributed by atoms with van der Waals surface area (Å²) >= 11 is 0. The highest BCUT2D eigenvalue weighted by molar-refractivity contribution is 5.94. The predicted molar refractivity (Wildman–Crippen MR) is 61.5 cm³/mol. The van der Waals surface area contributed by atoms with E-state index < -0.39 is 23.8 Å². The minimum Gasteiger partial charge on any atom is -0.466 e. The maximum atomic E-state index is 11.2. The number of ketones is 1. The molecule has 0 radical (unpaired) electrons. The summed E-state index contributed by atoms with van der Waals surface area (Å²) in [6, 6.07) is 0. The van der Waals surface area contributed by atoms with Crippen LogP contribution in [0.4, 0.5) is 0 Å². The molecular formula is C12H14O6. The number of Topliss-reactive ketones (excluding diaryl/α,β-unsaturated/α-hetero) is 1. The Kier molecular flexibility index (Phi) is 6.95. The number of rotatable bonds is 6. The van der Waals surface area contributed by atoms with Crippen LogP contribution in [-0.2, 0) is 28.7 Å². The van der Waals surface area contributed by atoms with Crippen LogP contribution in [0.15, 0.2) is 23.8 Å². The molecule has 0 heterocycles. The SMILES string of the molecule is COC(=O)C=CC=C(C=O)C(OC(C)=O)C(C)=O. The van der Waals surface area contributed by atoms with Crippen molar-refractivity contribution in [1.82, 2.24) is 0 Å². The lowest BCUT2D eigenvalue weighted by Crippen LogP contribution is -2.27. The summed E-state index contributed by atoms with van der Waals surface area (Å²) in [5.41, 5.74) is -0.0575. The number of aldehydes is 1. The van der Waals surface area contributed by atoms with E-state index in [0.717, 1.165) is 13.0 Å². The number of ether oxygens (including phenoxy) is 2. The van der Waals surface area contributed by atoms with Crippen molar-refractivity contribution in [3.63, 3.8) is 0 Å². The van der Waals surface area contributed by atoms with Crippen LogP contribution in [-0.4, -0.2) is 37.2 Å². The third-order valence-electron chi connectivity index (χ3n) is 1.81. The van der Waals surface area contributed by atoms with Gasteiger partial charge in [-0.3, -0.25) is 14.4 Å². The van der Waals surface area contributed by atoms with Crippen molar-refractivity contribution in [1.29, 1.82) is 0 Å². The summed E-state index contributed by atoms with van der Waals surface area (Å²) < 4.78 is 9.05. The monoisotopic (exact) mass is 254 g/mol. The summed E-state index contributed by atoms with van der Waals surface area (Å²) in [5.74, 6) is -1.78. The smallest absolute Gasteiger partial charge is 0.330 e. The lowest BCUT2D eigenvalue weighted by Gasteiger charge is -2.12. The van der Waals surface area contributed by atoms with Gasteiger partial charge in [-0.05, 0) is 6.92 Å². The number of hydrogen-bond donors (Lipinski definition) is 0. The summed E-state index contributed by atoms with van der Waals surface area (Å²) in [6.07, 6.45) is 2.63. The highest BCUT2D eigenvalue weighted by Crippen LogP contribution is 2.07. The number of allylic oxidation sites excluding steroid dienone is 2. The van der Waals surface area contributed by atoms with Gasteiger partial charge in [-0.2, -0.15) is 0 Å². The lowest BCUT2D eigenvalue weighted by molar-refractivity contribution is -0.150. The zero-order chi connectivity index (χ0) is 14.1. The summed E-state index contributed by atoms with van der Waals surface area (Å²) in [4.78, 5) is 43.6. The zero-order valence-corrected chi connectivity index (χ0v) is 10.3. The standard InChI is InChI=1S/C12H14O6/c1-8(14)12(18-9(2)15)10(7-13)5-4-6-11(16)17-3/h4-7,12H,1-3H3. The molecule has 0 rings (SSSR count). The molecule has 0 N–H and O–H groups in total. The Morgan fingerprint density at radius 1 is 1.17 bits per heavy atom. The number of carbonyl (C=O) groups is 4. The van der Waals surface area contributed by atoms with Crippen molar-refractivity contribution in [2.75, 3.05) is 7.11 Å². The number of carbonyl (C=O) groups excluding carboxylic acids is 4. The second kappa shape index (κ2) is 7.94. The fourth-order valence-corrected chi connectivity index (χ4v) is 1.05. The fraction of sp³-hybridized carbons (Fsp3) is 0.333. The first kappa shape index (κ1) is 15.8. The molecule has 0 aromatic rings. The Morgan fingerprint density at radius 2 is 1.78 bits per heavy atom. The van der Waals surface area contributed by atoms with Crippen LogP contribution in [0.5, 0.6) is 0 Å². The highest BCUT2D eigenvalue weighted by Gasteiger charge is 2.21. The van der Waals surface area contributed by atoms with E-state index in [4.69, 9.17) is 4.74 Å². The van der Waals surface area contributed by atoms with Gasteiger partial charge >= 0.3 is 11.9 Å². The third kappa shape index (κ3) is 5.74. The van der Waals surface area contributed by atoms with E-state index in [1.54, 1.807) is 0 Å². The fourth-order valence-electron chi connectivity index (χ4n) is 1.05. The highest BCUT2D eigenvalue weighted by atomic mass is 16.5. The van der Waals surface area contributed by atoms with Gasteiger partial charge in [0, 0.05) is 18.6 Å². The van der Waals surface area contributed by atoms with Gasteiger partial charge in [0.2, 0.25) is 0 Å². The molecule has 0 spiro atoms. The van der Waals surface area contributed by atoms with Gasteiger partial charge in [-0.25, -0.2) is 4.79 Å². The van der Waals surface area contributed by atoms with Gasteiger partial charge in [0.05, 0.1) is 7.11 Å². The number of esters is 2. The number of methoxy groups -OCH3 is 1. The molecule has 0 aromatic heterocycles. The minimum atomic E-state index is -1.26. The van der Waals surface area contributed by atoms with Crippen molar-refractivity contribution < 1.29 is 28.7 Å². The van der Waals surface area contributed by atoms with Crippen LogP contribution in [0.25, 0.3) is 0 Å². The Bertz CT molecular complexity index is 405. The molecule has 0 fully saturated rings. The molecule has 18 heavy (non-hydrogen) atoms. The van der Waals surface area contributed by atoms with E-state index in [1.165, 1.54) is 26.2 Å². The van der Waals surface area contributed by atoms with Crippen LogP contribution in [0.2, 0.25) is 0 Å². The molecule has 98 valence electrons. The van der Waals surface area contributed by atoms with Gasteiger partial charge in [-0.1, -0.05) is 12.2 Å². The van der Waals surface area contributed by atoms with E-state index in [9.17, 15) is 19.2 Å². The zero-order valence-electron chi connectivity index (χ0n) is 10.3. The van der Waals surface area contributed by atoms with E-state index >= 15 is 0 Å². The molecule has 1 unspecified atom stereocenters. The second-order valence-corrected chi connectivity index (χ2v) is 3.27. The van der Waals surface area contributed by atoms with Crippen molar-refractivity contribution in [2.24, 2.45) is 0 Å². The maximum Gasteiger partial charge on any atom is 0.330 e. The molecular weight excluding hydrogens is 240 g/mol. The van der Waals surface area contributed by atoms with E-state index in [-0.39, 0.29) is 5.57 Å². The molecule has 0 saturated heterocycles. The second-order valence-electron chi connectivity index (χ2n) is 3.27. The van der Waals surface area contributed by atoms with Gasteiger partial charge in [-0.15, -0.1) is 0 Å². The number of hydrogen-bond acceptors (Lipinski definition) is 6. The average molecular weight is 254 g/mol. The Labute approximate surface area is 104 Å². The Morgan fingerprint density at radius 3 is 2.17 bits per heavy atom. The van der Waals surface area contributed by atoms with Crippen molar-refractivity contribution in [3.8, 4) is 0 Å². The maximum absolute atomic E-state index is 11.2. The topological polar surface area (TPSA) is 86.7 Å². The summed E-state index contributed by atoms with van der Waals surface area (Å²) in [6.45, 7) is 2.32. The first-order valence-electron chi connectivity index (χ1n) is 5.01. The summed E-state index contributed by atoms with van der Waals surface area (Å²) in [7, 11) is 1.20. The molecule has 6 heteroatoms. The van der Waals surface area contributed by atoms with Crippen LogP contribution in [0, 0.1) is 0 Å². The first-order valence-corrected chi connectivity index (χ1v) is 5.01. The van der Waals surface area contributed by atoms with Crippen molar-refractivity contribution >= 4 is 24.0 Å². The molecule has 0 amide bonds. The van der Waals surface area contributed by atoms with Crippen LogP contribution in [0.1, 0.15) is 13.8 Å². The Hall–Kier alpha value is -2.24.